The maximum Gasteiger partial charge on any atom is 0.416 e. The Bertz CT molecular complexity index is 524. The average molecular weight is 308 g/mol. The minimum atomic E-state index is -4.63. The minimum absolute atomic E-state index is 0.0700. The number of urea groups is 1. The largest absolute Gasteiger partial charge is 0.416 e. The van der Waals surface area contributed by atoms with E-state index in [1.54, 1.807) is 0 Å². The molecule has 0 saturated heterocycles. The monoisotopic (exact) mass is 308 g/mol. The summed E-state index contributed by atoms with van der Waals surface area (Å²) in [6.07, 6.45) is -4.63. The lowest BCUT2D eigenvalue weighted by molar-refractivity contribution is -0.137. The van der Waals surface area contributed by atoms with Crippen LogP contribution in [0.5, 0.6) is 0 Å². The van der Waals surface area contributed by atoms with Crippen molar-refractivity contribution in [2.75, 3.05) is 18.9 Å². The number of alkyl halides is 3. The number of hydrogen-bond acceptors (Lipinski definition) is 2. The van der Waals surface area contributed by atoms with Gasteiger partial charge in [0.25, 0.3) is 0 Å². The molecule has 0 atom stereocenters. The number of anilines is 1. The van der Waals surface area contributed by atoms with E-state index in [0.717, 1.165) is 4.90 Å². The summed E-state index contributed by atoms with van der Waals surface area (Å²) in [5.41, 5.74) is -2.82. The van der Waals surface area contributed by atoms with Gasteiger partial charge in [-0.15, -0.1) is 0 Å². The molecule has 4 nitrogen and oxygen atoms in total. The molecule has 0 fully saturated rings. The fourth-order valence-corrected chi connectivity index (χ4v) is 1.66. The quantitative estimate of drug-likeness (QED) is 0.843. The lowest BCUT2D eigenvalue weighted by Crippen LogP contribution is -2.41. The second kappa shape index (κ2) is 5.88. The van der Waals surface area contributed by atoms with Crippen LogP contribution in [-0.4, -0.2) is 35.2 Å². The van der Waals surface area contributed by atoms with Gasteiger partial charge in [-0.1, -0.05) is 0 Å². The highest BCUT2D eigenvalue weighted by atomic mass is 19.4. The molecule has 0 bridgehead atoms. The van der Waals surface area contributed by atoms with Gasteiger partial charge in [0.2, 0.25) is 0 Å². The lowest BCUT2D eigenvalue weighted by atomic mass is 10.1. The van der Waals surface area contributed by atoms with Crippen LogP contribution in [0.25, 0.3) is 0 Å². The zero-order chi connectivity index (χ0) is 16.4. The van der Waals surface area contributed by atoms with E-state index in [4.69, 9.17) is 0 Å². The Hall–Kier alpha value is -1.83. The first-order valence-corrected chi connectivity index (χ1v) is 6.01. The summed E-state index contributed by atoms with van der Waals surface area (Å²) >= 11 is 0. The third-order valence-corrected chi connectivity index (χ3v) is 2.51. The highest BCUT2D eigenvalue weighted by Gasteiger charge is 2.31. The smallest absolute Gasteiger partial charge is 0.389 e. The summed E-state index contributed by atoms with van der Waals surface area (Å²) < 4.78 is 51.1. The molecule has 21 heavy (non-hydrogen) atoms. The van der Waals surface area contributed by atoms with E-state index in [9.17, 15) is 27.5 Å². The van der Waals surface area contributed by atoms with Crippen LogP contribution in [-0.2, 0) is 6.18 Å². The Morgan fingerprint density at radius 2 is 1.90 bits per heavy atom. The maximum atomic E-state index is 13.5. The Kier molecular flexibility index (Phi) is 4.83. The molecule has 0 aliphatic rings. The number of nitrogens with one attached hydrogen (secondary N) is 1. The van der Waals surface area contributed by atoms with E-state index >= 15 is 0 Å². The first-order valence-electron chi connectivity index (χ1n) is 6.01. The molecule has 0 spiro atoms. The molecular formula is C13H16F4N2O2. The van der Waals surface area contributed by atoms with Crippen LogP contribution in [0.2, 0.25) is 0 Å². The molecule has 0 aliphatic heterocycles. The van der Waals surface area contributed by atoms with Crippen molar-refractivity contribution in [3.05, 3.63) is 29.6 Å². The highest BCUT2D eigenvalue weighted by molar-refractivity contribution is 5.89. The molecule has 1 aromatic rings. The van der Waals surface area contributed by atoms with Crippen LogP contribution in [0.1, 0.15) is 19.4 Å². The van der Waals surface area contributed by atoms with Crippen molar-refractivity contribution >= 4 is 11.7 Å². The van der Waals surface area contributed by atoms with Crippen molar-refractivity contribution in [3.8, 4) is 0 Å². The van der Waals surface area contributed by atoms with Crippen LogP contribution in [0, 0.1) is 5.82 Å². The number of amides is 2. The summed E-state index contributed by atoms with van der Waals surface area (Å²) in [5, 5.41) is 11.6. The molecule has 2 amide bonds. The average Bonchev–Trinajstić information content (AvgIpc) is 2.28. The minimum Gasteiger partial charge on any atom is -0.389 e. The zero-order valence-electron chi connectivity index (χ0n) is 11.8. The van der Waals surface area contributed by atoms with E-state index in [-0.39, 0.29) is 6.54 Å². The Morgan fingerprint density at radius 3 is 2.38 bits per heavy atom. The van der Waals surface area contributed by atoms with Crippen molar-refractivity contribution in [1.29, 1.82) is 0 Å². The topological polar surface area (TPSA) is 52.6 Å². The van der Waals surface area contributed by atoms with Crippen LogP contribution in [0.4, 0.5) is 28.0 Å². The third-order valence-electron chi connectivity index (χ3n) is 2.51. The van der Waals surface area contributed by atoms with Gasteiger partial charge in [0.15, 0.2) is 0 Å². The molecule has 0 saturated carbocycles. The number of hydrogen-bond donors (Lipinski definition) is 2. The number of halogens is 4. The van der Waals surface area contributed by atoms with Gasteiger partial charge in [0.1, 0.15) is 5.82 Å². The number of carbonyl (C=O) groups is 1. The van der Waals surface area contributed by atoms with Crippen molar-refractivity contribution in [3.63, 3.8) is 0 Å². The lowest BCUT2D eigenvalue weighted by Gasteiger charge is -2.25. The van der Waals surface area contributed by atoms with Gasteiger partial charge in [-0.3, -0.25) is 0 Å². The van der Waals surface area contributed by atoms with Crippen LogP contribution in [0.15, 0.2) is 18.2 Å². The SMILES string of the molecule is CN(CC(C)(C)O)C(=O)Nc1cc(C(F)(F)F)ccc1F. The van der Waals surface area contributed by atoms with Gasteiger partial charge in [-0.05, 0) is 32.0 Å². The molecule has 1 rings (SSSR count). The first kappa shape index (κ1) is 17.2. The number of carbonyl (C=O) groups excluding carboxylic acids is 1. The van der Waals surface area contributed by atoms with Gasteiger partial charge in [-0.2, -0.15) is 13.2 Å². The van der Waals surface area contributed by atoms with Gasteiger partial charge < -0.3 is 15.3 Å². The standard InChI is InChI=1S/C13H16F4N2O2/c1-12(2,21)7-19(3)11(20)18-10-6-8(13(15,16)17)4-5-9(10)14/h4-6,21H,7H2,1-3H3,(H,18,20). The molecule has 0 unspecified atom stereocenters. The second-order valence-corrected chi connectivity index (χ2v) is 5.29. The Morgan fingerprint density at radius 1 is 1.33 bits per heavy atom. The van der Waals surface area contributed by atoms with Crippen molar-refractivity contribution in [1.82, 2.24) is 4.90 Å². The van der Waals surface area contributed by atoms with Gasteiger partial charge in [0, 0.05) is 7.05 Å². The van der Waals surface area contributed by atoms with Crippen LogP contribution >= 0.6 is 0 Å². The van der Waals surface area contributed by atoms with E-state index in [0.29, 0.717) is 18.2 Å². The number of rotatable bonds is 3. The van der Waals surface area contributed by atoms with E-state index < -0.39 is 34.9 Å². The van der Waals surface area contributed by atoms with E-state index in [2.05, 4.69) is 0 Å². The van der Waals surface area contributed by atoms with Crippen molar-refractivity contribution < 1.29 is 27.5 Å². The van der Waals surface area contributed by atoms with Gasteiger partial charge >= 0.3 is 12.2 Å². The number of likely N-dealkylation sites (N-methyl/N-ethyl adjacent to an activating group) is 1. The molecule has 0 heterocycles. The van der Waals surface area contributed by atoms with Crippen LogP contribution < -0.4 is 5.32 Å². The zero-order valence-corrected chi connectivity index (χ0v) is 11.8. The van der Waals surface area contributed by atoms with Crippen LogP contribution in [0.3, 0.4) is 0 Å². The summed E-state index contributed by atoms with van der Waals surface area (Å²) in [6, 6.07) is 0.917. The number of benzene rings is 1. The van der Waals surface area contributed by atoms with E-state index in [1.807, 2.05) is 5.32 Å². The first-order chi connectivity index (χ1) is 9.40. The van der Waals surface area contributed by atoms with Crippen molar-refractivity contribution in [2.24, 2.45) is 0 Å². The number of aliphatic hydroxyl groups is 1. The molecule has 118 valence electrons. The summed E-state index contributed by atoms with van der Waals surface area (Å²) in [4.78, 5) is 12.8. The molecule has 1 aromatic carbocycles. The van der Waals surface area contributed by atoms with E-state index in [1.165, 1.54) is 20.9 Å². The Labute approximate surface area is 119 Å². The molecule has 0 aromatic heterocycles. The van der Waals surface area contributed by atoms with Gasteiger partial charge in [-0.25, -0.2) is 9.18 Å². The summed E-state index contributed by atoms with van der Waals surface area (Å²) in [6.45, 7) is 2.85. The fraction of sp³-hybridized carbons (Fsp3) is 0.462. The predicted octanol–water partition coefficient (Wildman–Crippen LogP) is 3.08. The van der Waals surface area contributed by atoms with Gasteiger partial charge in [0.05, 0.1) is 23.4 Å². The third kappa shape index (κ3) is 5.22. The molecule has 0 aliphatic carbocycles. The fourth-order valence-electron chi connectivity index (χ4n) is 1.66. The molecule has 0 radical (unpaired) electrons. The predicted molar refractivity (Wildman–Crippen MR) is 69.3 cm³/mol. The normalized spacial score (nSPS) is 12.2. The summed E-state index contributed by atoms with van der Waals surface area (Å²) in [5.74, 6) is -0.979. The molecule has 2 N–H and O–H groups in total. The second-order valence-electron chi connectivity index (χ2n) is 5.29. The molecular weight excluding hydrogens is 292 g/mol. The molecule has 8 heteroatoms. The number of nitrogens with zero attached hydrogens (tertiary/aromatic N) is 1. The Balaban J connectivity index is 2.90. The maximum absolute atomic E-state index is 13.5. The van der Waals surface area contributed by atoms with Crippen molar-refractivity contribution in [2.45, 2.75) is 25.6 Å². The summed E-state index contributed by atoms with van der Waals surface area (Å²) in [7, 11) is 1.33. The highest BCUT2D eigenvalue weighted by Crippen LogP contribution is 2.31.